The molecular weight excluding hydrogens is 264 g/mol. The van der Waals surface area contributed by atoms with Crippen LogP contribution in [0.5, 0.6) is 0 Å². The van der Waals surface area contributed by atoms with Gasteiger partial charge in [-0.1, -0.05) is 36.8 Å². The highest BCUT2D eigenvalue weighted by molar-refractivity contribution is 5.91. The smallest absolute Gasteiger partial charge is 0.245 e. The lowest BCUT2D eigenvalue weighted by molar-refractivity contribution is -0.132. The number of hydrogen-bond acceptors (Lipinski definition) is 2. The van der Waals surface area contributed by atoms with Gasteiger partial charge in [-0.3, -0.25) is 9.59 Å². The summed E-state index contributed by atoms with van der Waals surface area (Å²) < 4.78 is 0. The zero-order chi connectivity index (χ0) is 15.1. The summed E-state index contributed by atoms with van der Waals surface area (Å²) in [5, 5.41) is 5.82. The summed E-state index contributed by atoms with van der Waals surface area (Å²) in [6, 6.07) is 10.2. The van der Waals surface area contributed by atoms with Crippen LogP contribution in [0.2, 0.25) is 0 Å². The van der Waals surface area contributed by atoms with Gasteiger partial charge in [-0.25, -0.2) is 0 Å². The van der Waals surface area contributed by atoms with Gasteiger partial charge < -0.3 is 10.6 Å². The second kappa shape index (κ2) is 7.25. The van der Waals surface area contributed by atoms with Crippen molar-refractivity contribution >= 4 is 11.8 Å². The molecule has 114 valence electrons. The molecule has 1 fully saturated rings. The molecule has 21 heavy (non-hydrogen) atoms. The predicted octanol–water partition coefficient (Wildman–Crippen LogP) is 2.18. The van der Waals surface area contributed by atoms with E-state index in [0.717, 1.165) is 25.7 Å². The molecule has 0 saturated carbocycles. The van der Waals surface area contributed by atoms with Crippen LogP contribution in [-0.2, 0) is 16.0 Å². The Hall–Kier alpha value is -1.84. The summed E-state index contributed by atoms with van der Waals surface area (Å²) in [4.78, 5) is 23.9. The van der Waals surface area contributed by atoms with Crippen LogP contribution in [-0.4, -0.2) is 23.9 Å². The van der Waals surface area contributed by atoms with Crippen molar-refractivity contribution in [3.05, 3.63) is 35.9 Å². The largest absolute Gasteiger partial charge is 0.354 e. The first-order valence-electron chi connectivity index (χ1n) is 7.73. The van der Waals surface area contributed by atoms with Crippen molar-refractivity contribution in [3.63, 3.8) is 0 Å². The zero-order valence-corrected chi connectivity index (χ0v) is 12.7. The Bertz CT molecular complexity index is 487. The molecule has 2 amide bonds. The molecule has 0 aliphatic carbocycles. The maximum Gasteiger partial charge on any atom is 0.245 e. The fourth-order valence-electron chi connectivity index (χ4n) is 2.70. The number of carbonyl (C=O) groups excluding carboxylic acids is 2. The molecule has 4 heteroatoms. The van der Waals surface area contributed by atoms with E-state index in [1.807, 2.05) is 25.1 Å². The van der Waals surface area contributed by atoms with E-state index in [-0.39, 0.29) is 11.8 Å². The molecular formula is C17H24N2O2. The zero-order valence-electron chi connectivity index (χ0n) is 12.7. The first-order valence-corrected chi connectivity index (χ1v) is 7.73. The minimum atomic E-state index is -0.750. The van der Waals surface area contributed by atoms with Crippen LogP contribution >= 0.6 is 0 Å². The number of carbonyl (C=O) groups is 2. The third-order valence-corrected chi connectivity index (χ3v) is 4.02. The Morgan fingerprint density at radius 3 is 2.81 bits per heavy atom. The first kappa shape index (κ1) is 15.5. The van der Waals surface area contributed by atoms with Gasteiger partial charge in [-0.15, -0.1) is 0 Å². The number of amides is 2. The molecule has 0 aromatic heterocycles. The summed E-state index contributed by atoms with van der Waals surface area (Å²) in [7, 11) is 0. The van der Waals surface area contributed by atoms with E-state index in [4.69, 9.17) is 0 Å². The lowest BCUT2D eigenvalue weighted by Gasteiger charge is -2.27. The Morgan fingerprint density at radius 1 is 1.29 bits per heavy atom. The quantitative estimate of drug-likeness (QED) is 0.816. The van der Waals surface area contributed by atoms with Crippen LogP contribution in [0.25, 0.3) is 0 Å². The van der Waals surface area contributed by atoms with Gasteiger partial charge in [0.2, 0.25) is 11.8 Å². The van der Waals surface area contributed by atoms with Gasteiger partial charge in [0.15, 0.2) is 0 Å². The SMILES string of the molecule is C[C@@]1(C(=O)NCCCc2ccccc2)CCCCC(=O)N1. The van der Waals surface area contributed by atoms with E-state index >= 15 is 0 Å². The lowest BCUT2D eigenvalue weighted by atomic mass is 9.95. The van der Waals surface area contributed by atoms with E-state index < -0.39 is 5.54 Å². The van der Waals surface area contributed by atoms with Gasteiger partial charge >= 0.3 is 0 Å². The summed E-state index contributed by atoms with van der Waals surface area (Å²) in [6.45, 7) is 2.46. The number of benzene rings is 1. The van der Waals surface area contributed by atoms with Crippen LogP contribution in [0.4, 0.5) is 0 Å². The van der Waals surface area contributed by atoms with Crippen LogP contribution in [0.15, 0.2) is 30.3 Å². The minimum Gasteiger partial charge on any atom is -0.354 e. The Labute approximate surface area is 126 Å². The highest BCUT2D eigenvalue weighted by Gasteiger charge is 2.35. The summed E-state index contributed by atoms with van der Waals surface area (Å²) in [5.41, 5.74) is 0.529. The average Bonchev–Trinajstić information content (AvgIpc) is 2.66. The maximum absolute atomic E-state index is 12.3. The monoisotopic (exact) mass is 288 g/mol. The number of aryl methyl sites for hydroxylation is 1. The van der Waals surface area contributed by atoms with E-state index in [9.17, 15) is 9.59 Å². The third-order valence-electron chi connectivity index (χ3n) is 4.02. The second-order valence-corrected chi connectivity index (χ2v) is 5.93. The van der Waals surface area contributed by atoms with Crippen molar-refractivity contribution in [1.82, 2.24) is 10.6 Å². The van der Waals surface area contributed by atoms with Crippen molar-refractivity contribution in [3.8, 4) is 0 Å². The summed E-state index contributed by atoms with van der Waals surface area (Å²) in [5.74, 6) is -0.0831. The highest BCUT2D eigenvalue weighted by atomic mass is 16.2. The molecule has 1 atom stereocenters. The molecule has 0 spiro atoms. The van der Waals surface area contributed by atoms with Crippen molar-refractivity contribution in [1.29, 1.82) is 0 Å². The van der Waals surface area contributed by atoms with Gasteiger partial charge in [0.25, 0.3) is 0 Å². The molecule has 1 saturated heterocycles. The van der Waals surface area contributed by atoms with E-state index in [2.05, 4.69) is 22.8 Å². The van der Waals surface area contributed by atoms with Crippen LogP contribution in [0, 0.1) is 0 Å². The van der Waals surface area contributed by atoms with E-state index in [0.29, 0.717) is 19.4 Å². The second-order valence-electron chi connectivity index (χ2n) is 5.93. The summed E-state index contributed by atoms with van der Waals surface area (Å²) >= 11 is 0. The van der Waals surface area contributed by atoms with Gasteiger partial charge in [0, 0.05) is 13.0 Å². The number of rotatable bonds is 5. The molecule has 1 heterocycles. The molecule has 0 radical (unpaired) electrons. The minimum absolute atomic E-state index is 0.0190. The molecule has 2 N–H and O–H groups in total. The molecule has 1 aromatic carbocycles. The topological polar surface area (TPSA) is 58.2 Å². The Morgan fingerprint density at radius 2 is 2.05 bits per heavy atom. The molecule has 0 bridgehead atoms. The molecule has 0 unspecified atom stereocenters. The first-order chi connectivity index (χ1) is 10.1. The van der Waals surface area contributed by atoms with Crippen LogP contribution in [0.3, 0.4) is 0 Å². The van der Waals surface area contributed by atoms with E-state index in [1.54, 1.807) is 0 Å². The lowest BCUT2D eigenvalue weighted by Crippen LogP contribution is -2.56. The predicted molar refractivity (Wildman–Crippen MR) is 82.8 cm³/mol. The standard InChI is InChI=1S/C17H24N2O2/c1-17(12-6-5-11-15(20)19-17)16(21)18-13-7-10-14-8-3-2-4-9-14/h2-4,8-9H,5-7,10-13H2,1H3,(H,18,21)(H,19,20)/t17-/m0/s1. The molecule has 4 nitrogen and oxygen atoms in total. The Kier molecular flexibility index (Phi) is 5.37. The molecule has 2 rings (SSSR count). The highest BCUT2D eigenvalue weighted by Crippen LogP contribution is 2.19. The van der Waals surface area contributed by atoms with Gasteiger partial charge in [0.1, 0.15) is 5.54 Å². The average molecular weight is 288 g/mol. The number of hydrogen-bond donors (Lipinski definition) is 2. The van der Waals surface area contributed by atoms with Crippen molar-refractivity contribution in [2.24, 2.45) is 0 Å². The fourth-order valence-corrected chi connectivity index (χ4v) is 2.70. The Balaban J connectivity index is 1.77. The van der Waals surface area contributed by atoms with Crippen molar-refractivity contribution in [2.75, 3.05) is 6.54 Å². The molecule has 1 aliphatic rings. The van der Waals surface area contributed by atoms with Crippen molar-refractivity contribution < 1.29 is 9.59 Å². The third kappa shape index (κ3) is 4.59. The normalized spacial score (nSPS) is 22.2. The maximum atomic E-state index is 12.3. The summed E-state index contributed by atoms with van der Waals surface area (Å²) in [6.07, 6.45) is 4.86. The van der Waals surface area contributed by atoms with Crippen LogP contribution in [0.1, 0.15) is 44.6 Å². The fraction of sp³-hybridized carbons (Fsp3) is 0.529. The van der Waals surface area contributed by atoms with Gasteiger partial charge in [-0.2, -0.15) is 0 Å². The molecule has 1 aromatic rings. The van der Waals surface area contributed by atoms with E-state index in [1.165, 1.54) is 5.56 Å². The van der Waals surface area contributed by atoms with Crippen molar-refractivity contribution in [2.45, 2.75) is 51.0 Å². The van der Waals surface area contributed by atoms with Gasteiger partial charge in [0.05, 0.1) is 0 Å². The van der Waals surface area contributed by atoms with Crippen LogP contribution < -0.4 is 10.6 Å². The molecule has 1 aliphatic heterocycles. The number of nitrogens with one attached hydrogen (secondary N) is 2. The van der Waals surface area contributed by atoms with Gasteiger partial charge in [-0.05, 0) is 38.2 Å².